The van der Waals surface area contributed by atoms with Crippen molar-refractivity contribution in [1.29, 1.82) is 0 Å². The number of rotatable bonds is 8. The Morgan fingerprint density at radius 3 is 2.57 bits per heavy atom. The Kier molecular flexibility index (Phi) is 7.81. The summed E-state index contributed by atoms with van der Waals surface area (Å²) in [4.78, 5) is 37.6. The third kappa shape index (κ3) is 5.37. The minimum absolute atomic E-state index is 0.266. The maximum atomic E-state index is 13.3. The first-order valence-electron chi connectivity index (χ1n) is 10.8. The van der Waals surface area contributed by atoms with Crippen LogP contribution in [0.2, 0.25) is 0 Å². The number of hydrogen-bond donors (Lipinski definition) is 2. The number of amides is 1. The summed E-state index contributed by atoms with van der Waals surface area (Å²) in [5, 5.41) is 16.1. The number of hydrogen-bond acceptors (Lipinski definition) is 6. The molecule has 1 amide bonds. The number of carbonyl (C=O) groups is 3. The van der Waals surface area contributed by atoms with Crippen molar-refractivity contribution in [1.82, 2.24) is 15.3 Å². The predicted molar refractivity (Wildman–Crippen MR) is 110 cm³/mol. The van der Waals surface area contributed by atoms with E-state index in [4.69, 9.17) is 4.74 Å². The number of esters is 1. The number of fused-ring (bicyclic) bond motifs is 1. The van der Waals surface area contributed by atoms with Crippen molar-refractivity contribution in [3.05, 3.63) is 35.9 Å². The molecule has 2 fully saturated rings. The van der Waals surface area contributed by atoms with E-state index in [9.17, 15) is 19.5 Å². The summed E-state index contributed by atoms with van der Waals surface area (Å²) < 4.78 is 5.24. The molecule has 2 aliphatic heterocycles. The lowest BCUT2D eigenvalue weighted by molar-refractivity contribution is -0.174. The monoisotopic (exact) mass is 417 g/mol. The minimum Gasteiger partial charge on any atom is -0.480 e. The number of ether oxygens (including phenoxy) is 1. The summed E-state index contributed by atoms with van der Waals surface area (Å²) >= 11 is 0. The summed E-state index contributed by atoms with van der Waals surface area (Å²) in [7, 11) is 0. The second-order valence-corrected chi connectivity index (χ2v) is 7.82. The first-order chi connectivity index (χ1) is 14.5. The van der Waals surface area contributed by atoms with Crippen LogP contribution in [0.5, 0.6) is 0 Å². The van der Waals surface area contributed by atoms with Crippen LogP contribution in [0.4, 0.5) is 0 Å². The number of nitrogens with one attached hydrogen (secondary N) is 1. The zero-order chi connectivity index (χ0) is 21.5. The van der Waals surface area contributed by atoms with Gasteiger partial charge in [0, 0.05) is 13.1 Å². The van der Waals surface area contributed by atoms with E-state index in [1.807, 2.05) is 35.3 Å². The molecule has 8 nitrogen and oxygen atoms in total. The van der Waals surface area contributed by atoms with Crippen molar-refractivity contribution >= 4 is 17.8 Å². The van der Waals surface area contributed by atoms with E-state index in [0.29, 0.717) is 38.8 Å². The van der Waals surface area contributed by atoms with Crippen LogP contribution >= 0.6 is 0 Å². The minimum atomic E-state index is -0.986. The summed E-state index contributed by atoms with van der Waals surface area (Å²) in [6.07, 6.45) is 3.67. The fraction of sp³-hybridized carbons (Fsp3) is 0.591. The van der Waals surface area contributed by atoms with Crippen molar-refractivity contribution in [3.63, 3.8) is 0 Å². The number of carboxylic acid groups (broad SMARTS) is 1. The number of aliphatic carboxylic acids is 1. The highest BCUT2D eigenvalue weighted by Gasteiger charge is 2.42. The maximum Gasteiger partial charge on any atom is 0.328 e. The molecule has 0 aliphatic carbocycles. The van der Waals surface area contributed by atoms with Gasteiger partial charge in [-0.1, -0.05) is 30.3 Å². The van der Waals surface area contributed by atoms with E-state index < -0.39 is 24.1 Å². The standard InChI is InChI=1S/C22H31N3O5/c1-2-30-22(29)18(13-12-16-8-4-3-5-9-16)23-17-10-6-14-24-15-7-11-19(21(27)28)25(24)20(17)26/h3-5,8-9,17-19,23H,2,6-7,10-15H2,1H3,(H,27,28)/t17?,18-,19-/m0/s1. The number of carbonyl (C=O) groups excluding carboxylic acids is 2. The quantitative estimate of drug-likeness (QED) is 0.620. The summed E-state index contributed by atoms with van der Waals surface area (Å²) in [5.74, 6) is -1.64. The van der Waals surface area contributed by atoms with Gasteiger partial charge in [0.05, 0.1) is 12.6 Å². The van der Waals surface area contributed by atoms with E-state index in [0.717, 1.165) is 18.4 Å². The van der Waals surface area contributed by atoms with Crippen molar-refractivity contribution in [2.45, 2.75) is 63.6 Å². The molecule has 2 N–H and O–H groups in total. The van der Waals surface area contributed by atoms with Crippen LogP contribution in [0, 0.1) is 0 Å². The average Bonchev–Trinajstić information content (AvgIpc) is 2.90. The zero-order valence-corrected chi connectivity index (χ0v) is 17.5. The van der Waals surface area contributed by atoms with Crippen LogP contribution in [0.25, 0.3) is 0 Å². The summed E-state index contributed by atoms with van der Waals surface area (Å²) in [6.45, 7) is 3.34. The van der Waals surface area contributed by atoms with Crippen LogP contribution in [0.1, 0.15) is 44.6 Å². The lowest BCUT2D eigenvalue weighted by Gasteiger charge is -2.42. The topological polar surface area (TPSA) is 99.2 Å². The van der Waals surface area contributed by atoms with Gasteiger partial charge in [-0.2, -0.15) is 0 Å². The van der Waals surface area contributed by atoms with Crippen LogP contribution in [-0.2, 0) is 25.5 Å². The molecule has 8 heteroatoms. The van der Waals surface area contributed by atoms with Gasteiger partial charge >= 0.3 is 11.9 Å². The molecular formula is C22H31N3O5. The lowest BCUT2D eigenvalue weighted by Crippen LogP contribution is -2.61. The van der Waals surface area contributed by atoms with Gasteiger partial charge in [0.1, 0.15) is 12.1 Å². The Hall–Kier alpha value is -2.45. The largest absolute Gasteiger partial charge is 0.480 e. The molecule has 2 saturated heterocycles. The highest BCUT2D eigenvalue weighted by atomic mass is 16.5. The third-order valence-corrected chi connectivity index (χ3v) is 5.75. The van der Waals surface area contributed by atoms with Crippen LogP contribution in [0.15, 0.2) is 30.3 Å². The van der Waals surface area contributed by atoms with Crippen LogP contribution < -0.4 is 5.32 Å². The first-order valence-corrected chi connectivity index (χ1v) is 10.8. The molecule has 1 unspecified atom stereocenters. The fourth-order valence-electron chi connectivity index (χ4n) is 4.26. The molecule has 2 aliphatic rings. The molecule has 3 atom stereocenters. The molecular weight excluding hydrogens is 386 g/mol. The average molecular weight is 418 g/mol. The predicted octanol–water partition coefficient (Wildman–Crippen LogP) is 1.60. The second-order valence-electron chi connectivity index (χ2n) is 7.82. The Balaban J connectivity index is 1.73. The smallest absolute Gasteiger partial charge is 0.328 e. The van der Waals surface area contributed by atoms with Gasteiger partial charge in [-0.15, -0.1) is 0 Å². The van der Waals surface area contributed by atoms with E-state index in [1.165, 1.54) is 5.01 Å². The molecule has 0 bridgehead atoms. The molecule has 0 radical (unpaired) electrons. The van der Waals surface area contributed by atoms with Gasteiger partial charge in [0.25, 0.3) is 5.91 Å². The zero-order valence-electron chi connectivity index (χ0n) is 17.5. The fourth-order valence-corrected chi connectivity index (χ4v) is 4.26. The van der Waals surface area contributed by atoms with Crippen molar-refractivity contribution in [2.24, 2.45) is 0 Å². The third-order valence-electron chi connectivity index (χ3n) is 5.75. The van der Waals surface area contributed by atoms with Gasteiger partial charge in [-0.3, -0.25) is 19.9 Å². The van der Waals surface area contributed by atoms with E-state index in [2.05, 4.69) is 5.32 Å². The number of carboxylic acids is 1. The molecule has 0 aromatic heterocycles. The molecule has 1 aromatic carbocycles. The molecule has 164 valence electrons. The SMILES string of the molecule is CCOC(=O)[C@H](CCc1ccccc1)NC1CCCN2CCC[C@@H](C(=O)O)N2C1=O. The van der Waals surface area contributed by atoms with Crippen LogP contribution in [-0.4, -0.2) is 70.8 Å². The Morgan fingerprint density at radius 2 is 1.90 bits per heavy atom. The van der Waals surface area contributed by atoms with Gasteiger partial charge in [-0.25, -0.2) is 9.80 Å². The summed E-state index contributed by atoms with van der Waals surface area (Å²) in [5.41, 5.74) is 1.11. The van der Waals surface area contributed by atoms with Gasteiger partial charge in [0.2, 0.25) is 0 Å². The number of nitrogens with zero attached hydrogens (tertiary/aromatic N) is 2. The molecule has 3 rings (SSSR count). The van der Waals surface area contributed by atoms with E-state index >= 15 is 0 Å². The van der Waals surface area contributed by atoms with Crippen LogP contribution in [0.3, 0.4) is 0 Å². The van der Waals surface area contributed by atoms with Gasteiger partial charge < -0.3 is 9.84 Å². The number of hydrazine groups is 1. The van der Waals surface area contributed by atoms with Crippen molar-refractivity contribution in [3.8, 4) is 0 Å². The van der Waals surface area contributed by atoms with E-state index in [-0.39, 0.29) is 18.5 Å². The highest BCUT2D eigenvalue weighted by Crippen LogP contribution is 2.24. The first kappa shape index (κ1) is 22.2. The molecule has 1 aromatic rings. The Bertz CT molecular complexity index is 742. The number of aryl methyl sites for hydroxylation is 1. The second kappa shape index (κ2) is 10.5. The Labute approximate surface area is 177 Å². The highest BCUT2D eigenvalue weighted by molar-refractivity contribution is 5.87. The number of benzene rings is 1. The van der Waals surface area contributed by atoms with Gasteiger partial charge in [0.15, 0.2) is 0 Å². The van der Waals surface area contributed by atoms with Gasteiger partial charge in [-0.05, 0) is 51.0 Å². The van der Waals surface area contributed by atoms with Crippen molar-refractivity contribution in [2.75, 3.05) is 19.7 Å². The Morgan fingerprint density at radius 1 is 1.20 bits per heavy atom. The summed E-state index contributed by atoms with van der Waals surface area (Å²) in [6, 6.07) is 7.77. The normalized spacial score (nSPS) is 23.4. The molecule has 0 spiro atoms. The molecule has 30 heavy (non-hydrogen) atoms. The van der Waals surface area contributed by atoms with Crippen molar-refractivity contribution < 1.29 is 24.2 Å². The van der Waals surface area contributed by atoms with E-state index in [1.54, 1.807) is 6.92 Å². The lowest BCUT2D eigenvalue weighted by atomic mass is 10.0. The molecule has 0 saturated carbocycles. The maximum absolute atomic E-state index is 13.3. The molecule has 2 heterocycles.